The topological polar surface area (TPSA) is 69.4 Å². The summed E-state index contributed by atoms with van der Waals surface area (Å²) in [6.45, 7) is 0.278. The molecule has 0 saturated carbocycles. The molecule has 4 rings (SSSR count). The van der Waals surface area contributed by atoms with Crippen LogP contribution in [-0.2, 0) is 16.1 Å². The summed E-state index contributed by atoms with van der Waals surface area (Å²) < 4.78 is 6.99. The molecule has 3 heterocycles. The van der Waals surface area contributed by atoms with Gasteiger partial charge in [0.25, 0.3) is 0 Å². The first-order valence-corrected chi connectivity index (χ1v) is 9.75. The van der Waals surface area contributed by atoms with Gasteiger partial charge in [0.15, 0.2) is 11.5 Å². The third kappa shape index (κ3) is 3.76. The summed E-state index contributed by atoms with van der Waals surface area (Å²) in [5.41, 5.74) is 1.64. The number of fused-ring (bicyclic) bond motifs is 1. The molecule has 0 aliphatic heterocycles. The number of hydrogen-bond acceptors (Lipinski definition) is 7. The van der Waals surface area contributed by atoms with Gasteiger partial charge in [0.1, 0.15) is 11.6 Å². The van der Waals surface area contributed by atoms with Crippen LogP contribution < -0.4 is 0 Å². The van der Waals surface area contributed by atoms with Crippen molar-refractivity contribution < 1.29 is 9.53 Å². The Balaban J connectivity index is 1.41. The summed E-state index contributed by atoms with van der Waals surface area (Å²) in [5.74, 6) is 0.619. The smallest absolute Gasteiger partial charge is 0.316 e. The highest BCUT2D eigenvalue weighted by Crippen LogP contribution is 2.24. The fourth-order valence-electron chi connectivity index (χ4n) is 2.32. The Morgan fingerprint density at radius 1 is 1.08 bits per heavy atom. The van der Waals surface area contributed by atoms with E-state index in [0.717, 1.165) is 10.4 Å². The second-order valence-corrected chi connectivity index (χ2v) is 7.32. The van der Waals surface area contributed by atoms with Crippen LogP contribution in [0.2, 0.25) is 0 Å². The molecule has 8 heteroatoms. The Bertz CT molecular complexity index is 1020. The van der Waals surface area contributed by atoms with E-state index in [-0.39, 0.29) is 18.3 Å². The van der Waals surface area contributed by atoms with Gasteiger partial charge in [-0.25, -0.2) is 0 Å². The molecule has 0 radical (unpaired) electrons. The minimum Gasteiger partial charge on any atom is -0.460 e. The summed E-state index contributed by atoms with van der Waals surface area (Å²) in [5, 5.41) is 15.6. The summed E-state index contributed by atoms with van der Waals surface area (Å²) in [7, 11) is 0. The minimum atomic E-state index is -0.275. The minimum absolute atomic E-state index is 0.196. The van der Waals surface area contributed by atoms with Crippen molar-refractivity contribution in [2.24, 2.45) is 0 Å². The summed E-state index contributed by atoms with van der Waals surface area (Å²) in [6.07, 6.45) is 0. The number of benzene rings is 1. The van der Waals surface area contributed by atoms with E-state index in [4.69, 9.17) is 4.74 Å². The standard InChI is InChI=1S/C18H14N4O2S2/c23-17(24-11-13-5-2-1-3-6-13)12-26-16-9-8-15-19-20-18(22(15)21-16)14-7-4-10-25-14/h1-10H,11-12H2. The lowest BCUT2D eigenvalue weighted by Gasteiger charge is -2.05. The van der Waals surface area contributed by atoms with Gasteiger partial charge in [-0.3, -0.25) is 4.79 Å². The molecule has 0 bridgehead atoms. The molecule has 26 heavy (non-hydrogen) atoms. The molecule has 130 valence electrons. The van der Waals surface area contributed by atoms with Gasteiger partial charge in [0.05, 0.1) is 10.6 Å². The Labute approximate surface area is 157 Å². The molecule has 0 fully saturated rings. The molecule has 0 unspecified atom stereocenters. The van der Waals surface area contributed by atoms with Gasteiger partial charge >= 0.3 is 5.97 Å². The summed E-state index contributed by atoms with van der Waals surface area (Å²) in [6, 6.07) is 17.2. The largest absolute Gasteiger partial charge is 0.460 e. The molecule has 0 spiro atoms. The molecule has 0 atom stereocenters. The Morgan fingerprint density at radius 3 is 2.77 bits per heavy atom. The van der Waals surface area contributed by atoms with Crippen molar-refractivity contribution in [3.8, 4) is 10.7 Å². The van der Waals surface area contributed by atoms with Crippen LogP contribution in [0, 0.1) is 0 Å². The summed E-state index contributed by atoms with van der Waals surface area (Å²) >= 11 is 2.91. The Hall–Kier alpha value is -2.71. The van der Waals surface area contributed by atoms with E-state index in [2.05, 4.69) is 15.3 Å². The number of thioether (sulfide) groups is 1. The van der Waals surface area contributed by atoms with Crippen LogP contribution in [0.25, 0.3) is 16.3 Å². The van der Waals surface area contributed by atoms with Crippen molar-refractivity contribution in [2.45, 2.75) is 11.6 Å². The van der Waals surface area contributed by atoms with Crippen LogP contribution in [-0.4, -0.2) is 31.5 Å². The number of hydrogen-bond donors (Lipinski definition) is 0. The Morgan fingerprint density at radius 2 is 1.96 bits per heavy atom. The van der Waals surface area contributed by atoms with E-state index < -0.39 is 0 Å². The van der Waals surface area contributed by atoms with E-state index in [1.54, 1.807) is 15.9 Å². The first-order chi connectivity index (χ1) is 12.8. The number of thiophene rings is 1. The van der Waals surface area contributed by atoms with E-state index in [9.17, 15) is 4.79 Å². The van der Waals surface area contributed by atoms with Gasteiger partial charge in [-0.1, -0.05) is 48.2 Å². The van der Waals surface area contributed by atoms with Crippen molar-refractivity contribution in [1.82, 2.24) is 19.8 Å². The van der Waals surface area contributed by atoms with E-state index >= 15 is 0 Å². The van der Waals surface area contributed by atoms with Gasteiger partial charge in [-0.2, -0.15) is 9.61 Å². The average Bonchev–Trinajstić information content (AvgIpc) is 3.34. The lowest BCUT2D eigenvalue weighted by atomic mass is 10.2. The molecular formula is C18H14N4O2S2. The van der Waals surface area contributed by atoms with E-state index in [1.165, 1.54) is 11.8 Å². The van der Waals surface area contributed by atoms with Crippen molar-refractivity contribution in [3.05, 3.63) is 65.5 Å². The number of carbonyl (C=O) groups is 1. The molecule has 0 aliphatic rings. The Kier molecular flexibility index (Phi) is 4.94. The monoisotopic (exact) mass is 382 g/mol. The van der Waals surface area contributed by atoms with Gasteiger partial charge in [-0.15, -0.1) is 21.5 Å². The second kappa shape index (κ2) is 7.67. The van der Waals surface area contributed by atoms with Crippen LogP contribution in [0.4, 0.5) is 0 Å². The van der Waals surface area contributed by atoms with Crippen LogP contribution in [0.15, 0.2) is 65.0 Å². The zero-order valence-corrected chi connectivity index (χ0v) is 15.2. The molecule has 0 aliphatic carbocycles. The van der Waals surface area contributed by atoms with Gasteiger partial charge in [0, 0.05) is 0 Å². The van der Waals surface area contributed by atoms with Gasteiger partial charge < -0.3 is 4.74 Å². The van der Waals surface area contributed by atoms with Crippen LogP contribution >= 0.6 is 23.1 Å². The highest BCUT2D eigenvalue weighted by atomic mass is 32.2. The van der Waals surface area contributed by atoms with Crippen molar-refractivity contribution in [2.75, 3.05) is 5.75 Å². The van der Waals surface area contributed by atoms with Gasteiger partial charge in [-0.05, 0) is 29.1 Å². The number of carbonyl (C=O) groups excluding carboxylic acids is 1. The molecule has 4 aromatic rings. The second-order valence-electron chi connectivity index (χ2n) is 5.38. The maximum atomic E-state index is 12.0. The SMILES string of the molecule is O=C(CSc1ccc2nnc(-c3cccs3)n2n1)OCc1ccccc1. The zero-order chi connectivity index (χ0) is 17.8. The molecule has 0 saturated heterocycles. The lowest BCUT2D eigenvalue weighted by Crippen LogP contribution is -2.07. The van der Waals surface area contributed by atoms with Gasteiger partial charge in [0.2, 0.25) is 0 Å². The highest BCUT2D eigenvalue weighted by molar-refractivity contribution is 7.99. The number of rotatable bonds is 6. The number of aromatic nitrogens is 4. The van der Waals surface area contributed by atoms with Crippen molar-refractivity contribution in [1.29, 1.82) is 0 Å². The van der Waals surface area contributed by atoms with Crippen LogP contribution in [0.3, 0.4) is 0 Å². The maximum Gasteiger partial charge on any atom is 0.316 e. The van der Waals surface area contributed by atoms with Crippen LogP contribution in [0.1, 0.15) is 5.56 Å². The number of esters is 1. The molecular weight excluding hydrogens is 368 g/mol. The predicted octanol–water partition coefficient (Wildman–Crippen LogP) is 3.69. The normalized spacial score (nSPS) is 10.9. The zero-order valence-electron chi connectivity index (χ0n) is 13.6. The molecule has 3 aromatic heterocycles. The molecule has 1 aromatic carbocycles. The third-order valence-electron chi connectivity index (χ3n) is 3.56. The fraction of sp³-hybridized carbons (Fsp3) is 0.111. The molecule has 6 nitrogen and oxygen atoms in total. The van der Waals surface area contributed by atoms with Crippen molar-refractivity contribution >= 4 is 34.7 Å². The molecule has 0 N–H and O–H groups in total. The number of ether oxygens (including phenoxy) is 1. The average molecular weight is 382 g/mol. The predicted molar refractivity (Wildman–Crippen MR) is 101 cm³/mol. The molecule has 0 amide bonds. The number of nitrogens with zero attached hydrogens (tertiary/aromatic N) is 4. The van der Waals surface area contributed by atoms with Crippen molar-refractivity contribution in [3.63, 3.8) is 0 Å². The van der Waals surface area contributed by atoms with E-state index in [0.29, 0.717) is 16.5 Å². The maximum absolute atomic E-state index is 12.0. The van der Waals surface area contributed by atoms with Crippen LogP contribution in [0.5, 0.6) is 0 Å². The third-order valence-corrected chi connectivity index (χ3v) is 5.32. The highest BCUT2D eigenvalue weighted by Gasteiger charge is 2.12. The quantitative estimate of drug-likeness (QED) is 0.374. The fourth-order valence-corrected chi connectivity index (χ4v) is 3.67. The first-order valence-electron chi connectivity index (χ1n) is 7.88. The summed E-state index contributed by atoms with van der Waals surface area (Å²) in [4.78, 5) is 13.0. The van der Waals surface area contributed by atoms with E-state index in [1.807, 2.05) is 60.0 Å². The lowest BCUT2D eigenvalue weighted by molar-refractivity contribution is -0.141. The first kappa shape index (κ1) is 16.7.